The van der Waals surface area contributed by atoms with Crippen molar-refractivity contribution in [2.45, 2.75) is 6.92 Å². The lowest BCUT2D eigenvalue weighted by Gasteiger charge is -2.04. The van der Waals surface area contributed by atoms with Gasteiger partial charge in [-0.2, -0.15) is 0 Å². The minimum Gasteiger partial charge on any atom is -0.450 e. The molecule has 4 nitrogen and oxygen atoms in total. The van der Waals surface area contributed by atoms with E-state index in [1.165, 1.54) is 6.08 Å². The molecular weight excluding hydrogens is 398 g/mol. The normalized spacial score (nSPS) is 11.1. The van der Waals surface area contributed by atoms with Crippen LogP contribution in [-0.2, 0) is 4.79 Å². The average Bonchev–Trinajstić information content (AvgIpc) is 3.12. The summed E-state index contributed by atoms with van der Waals surface area (Å²) >= 11 is 5.89. The number of furan rings is 1. The van der Waals surface area contributed by atoms with Crippen LogP contribution >= 0.6 is 11.6 Å². The number of halogens is 1. The van der Waals surface area contributed by atoms with E-state index in [9.17, 15) is 9.59 Å². The number of carbonyl (C=O) groups is 2. The Morgan fingerprint density at radius 1 is 0.933 bits per heavy atom. The van der Waals surface area contributed by atoms with Crippen LogP contribution in [0.25, 0.3) is 17.0 Å². The Hall–Kier alpha value is -3.63. The molecule has 5 heteroatoms. The third-order valence-electron chi connectivity index (χ3n) is 4.66. The molecule has 148 valence electrons. The molecule has 0 radical (unpaired) electrons. The molecule has 1 amide bonds. The largest absolute Gasteiger partial charge is 0.450 e. The first-order valence-electron chi connectivity index (χ1n) is 9.39. The standard InChI is InChI=1S/C25H18ClNO3/c1-16-6-11-18(12-7-16)24(29)25-23(20-4-2-3-5-21(20)30-25)27-22(28)15-10-17-8-13-19(26)14-9-17/h2-15H,1H3,(H,27,28). The maximum Gasteiger partial charge on any atom is 0.248 e. The summed E-state index contributed by atoms with van der Waals surface area (Å²) in [6.07, 6.45) is 3.08. The van der Waals surface area contributed by atoms with Gasteiger partial charge in [0.05, 0.1) is 5.69 Å². The van der Waals surface area contributed by atoms with Crippen molar-refractivity contribution in [2.75, 3.05) is 5.32 Å². The Morgan fingerprint density at radius 3 is 2.37 bits per heavy atom. The number of rotatable bonds is 5. The zero-order chi connectivity index (χ0) is 21.1. The van der Waals surface area contributed by atoms with Gasteiger partial charge in [-0.3, -0.25) is 9.59 Å². The molecule has 4 rings (SSSR count). The third-order valence-corrected chi connectivity index (χ3v) is 4.91. The predicted molar refractivity (Wildman–Crippen MR) is 120 cm³/mol. The Kier molecular flexibility index (Phi) is 5.50. The van der Waals surface area contributed by atoms with E-state index in [1.807, 2.05) is 49.4 Å². The molecule has 1 N–H and O–H groups in total. The van der Waals surface area contributed by atoms with E-state index in [0.717, 1.165) is 11.1 Å². The predicted octanol–water partition coefficient (Wildman–Crippen LogP) is 6.28. The average molecular weight is 416 g/mol. The summed E-state index contributed by atoms with van der Waals surface area (Å²) < 4.78 is 5.82. The van der Waals surface area contributed by atoms with Crippen molar-refractivity contribution >= 4 is 46.0 Å². The topological polar surface area (TPSA) is 59.3 Å². The van der Waals surface area contributed by atoms with Crippen molar-refractivity contribution in [1.82, 2.24) is 0 Å². The zero-order valence-corrected chi connectivity index (χ0v) is 16.9. The summed E-state index contributed by atoms with van der Waals surface area (Å²) in [6, 6.07) is 21.6. The highest BCUT2D eigenvalue weighted by atomic mass is 35.5. The molecule has 0 fully saturated rings. The molecule has 0 aliphatic carbocycles. The van der Waals surface area contributed by atoms with E-state index in [4.69, 9.17) is 16.0 Å². The maximum atomic E-state index is 13.1. The number of para-hydroxylation sites is 1. The minimum absolute atomic E-state index is 0.105. The smallest absolute Gasteiger partial charge is 0.248 e. The minimum atomic E-state index is -0.366. The lowest BCUT2D eigenvalue weighted by Crippen LogP contribution is -2.11. The van der Waals surface area contributed by atoms with E-state index in [0.29, 0.717) is 27.2 Å². The first-order valence-corrected chi connectivity index (χ1v) is 9.76. The summed E-state index contributed by atoms with van der Waals surface area (Å²) in [7, 11) is 0. The zero-order valence-electron chi connectivity index (χ0n) is 16.2. The Balaban J connectivity index is 1.66. The number of hydrogen-bond donors (Lipinski definition) is 1. The molecule has 0 spiro atoms. The molecule has 3 aromatic carbocycles. The number of carbonyl (C=O) groups excluding carboxylic acids is 2. The molecule has 0 unspecified atom stereocenters. The second kappa shape index (κ2) is 8.39. The Labute approximate surface area is 178 Å². The molecule has 0 saturated carbocycles. The van der Waals surface area contributed by atoms with E-state index in [1.54, 1.807) is 36.4 Å². The molecular formula is C25H18ClNO3. The highest BCUT2D eigenvalue weighted by molar-refractivity contribution is 6.30. The van der Waals surface area contributed by atoms with Crippen LogP contribution in [0.15, 0.2) is 83.3 Å². The van der Waals surface area contributed by atoms with Crippen LogP contribution in [0.4, 0.5) is 5.69 Å². The van der Waals surface area contributed by atoms with Crippen molar-refractivity contribution in [3.05, 3.63) is 106 Å². The van der Waals surface area contributed by atoms with Gasteiger partial charge in [-0.05, 0) is 42.8 Å². The summed E-state index contributed by atoms with van der Waals surface area (Å²) in [4.78, 5) is 25.6. The first-order chi connectivity index (χ1) is 14.5. The van der Waals surface area contributed by atoms with Gasteiger partial charge in [0.15, 0.2) is 5.76 Å². The van der Waals surface area contributed by atoms with Gasteiger partial charge in [-0.15, -0.1) is 0 Å². The van der Waals surface area contributed by atoms with Crippen LogP contribution in [0.5, 0.6) is 0 Å². The number of ketones is 1. The van der Waals surface area contributed by atoms with Gasteiger partial charge in [0.25, 0.3) is 0 Å². The summed E-state index contributed by atoms with van der Waals surface area (Å²) in [6.45, 7) is 1.95. The van der Waals surface area contributed by atoms with Gasteiger partial charge in [0, 0.05) is 22.0 Å². The van der Waals surface area contributed by atoms with E-state index in [-0.39, 0.29) is 17.5 Å². The van der Waals surface area contributed by atoms with E-state index >= 15 is 0 Å². The number of fused-ring (bicyclic) bond motifs is 1. The number of benzene rings is 3. The molecule has 0 saturated heterocycles. The molecule has 0 aliphatic heterocycles. The first kappa shape index (κ1) is 19.7. The number of amides is 1. The van der Waals surface area contributed by atoms with Crippen LogP contribution in [0, 0.1) is 6.92 Å². The highest BCUT2D eigenvalue weighted by Gasteiger charge is 2.22. The van der Waals surface area contributed by atoms with Crippen molar-refractivity contribution < 1.29 is 14.0 Å². The third kappa shape index (κ3) is 4.19. The number of aryl methyl sites for hydroxylation is 1. The van der Waals surface area contributed by atoms with Crippen molar-refractivity contribution in [3.63, 3.8) is 0 Å². The van der Waals surface area contributed by atoms with Gasteiger partial charge in [0.2, 0.25) is 11.7 Å². The molecule has 0 bridgehead atoms. The number of anilines is 1. The van der Waals surface area contributed by atoms with Crippen LogP contribution in [0.3, 0.4) is 0 Å². The van der Waals surface area contributed by atoms with Gasteiger partial charge < -0.3 is 9.73 Å². The van der Waals surface area contributed by atoms with Crippen LogP contribution in [0.1, 0.15) is 27.2 Å². The summed E-state index contributed by atoms with van der Waals surface area (Å²) in [5.41, 5.74) is 3.28. The lowest BCUT2D eigenvalue weighted by atomic mass is 10.1. The van der Waals surface area contributed by atoms with Crippen LogP contribution in [0.2, 0.25) is 5.02 Å². The van der Waals surface area contributed by atoms with Crippen molar-refractivity contribution in [3.8, 4) is 0 Å². The number of nitrogens with one attached hydrogen (secondary N) is 1. The quantitative estimate of drug-likeness (QED) is 0.308. The van der Waals surface area contributed by atoms with E-state index < -0.39 is 0 Å². The Morgan fingerprint density at radius 2 is 1.63 bits per heavy atom. The maximum absolute atomic E-state index is 13.1. The SMILES string of the molecule is Cc1ccc(C(=O)c2oc3ccccc3c2NC(=O)C=Cc2ccc(Cl)cc2)cc1. The van der Waals surface area contributed by atoms with Crippen molar-refractivity contribution in [1.29, 1.82) is 0 Å². The molecule has 1 heterocycles. The second-order valence-electron chi connectivity index (χ2n) is 6.87. The summed E-state index contributed by atoms with van der Waals surface area (Å²) in [5, 5.41) is 4.10. The van der Waals surface area contributed by atoms with Crippen LogP contribution in [-0.4, -0.2) is 11.7 Å². The molecule has 1 aromatic heterocycles. The fourth-order valence-corrected chi connectivity index (χ4v) is 3.20. The molecule has 0 aliphatic rings. The van der Waals surface area contributed by atoms with Crippen LogP contribution < -0.4 is 5.32 Å². The highest BCUT2D eigenvalue weighted by Crippen LogP contribution is 2.32. The molecule has 30 heavy (non-hydrogen) atoms. The fraction of sp³-hybridized carbons (Fsp3) is 0.0400. The van der Waals surface area contributed by atoms with Gasteiger partial charge in [-0.1, -0.05) is 65.7 Å². The summed E-state index contributed by atoms with van der Waals surface area (Å²) in [5.74, 6) is -0.550. The molecule has 4 aromatic rings. The fourth-order valence-electron chi connectivity index (χ4n) is 3.08. The Bertz CT molecular complexity index is 1250. The van der Waals surface area contributed by atoms with Gasteiger partial charge >= 0.3 is 0 Å². The molecule has 0 atom stereocenters. The lowest BCUT2D eigenvalue weighted by molar-refractivity contribution is -0.111. The monoisotopic (exact) mass is 415 g/mol. The van der Waals surface area contributed by atoms with Gasteiger partial charge in [-0.25, -0.2) is 0 Å². The van der Waals surface area contributed by atoms with E-state index in [2.05, 4.69) is 5.32 Å². The van der Waals surface area contributed by atoms with Gasteiger partial charge in [0.1, 0.15) is 5.58 Å². The second-order valence-corrected chi connectivity index (χ2v) is 7.31. The van der Waals surface area contributed by atoms with Crippen molar-refractivity contribution in [2.24, 2.45) is 0 Å². The number of hydrogen-bond acceptors (Lipinski definition) is 3.